The molecule has 1 heterocycles. The van der Waals surface area contributed by atoms with Crippen LogP contribution in [-0.4, -0.2) is 35.0 Å². The average Bonchev–Trinajstić information content (AvgIpc) is 3.21. The second-order valence-electron chi connectivity index (χ2n) is 12.7. The zero-order chi connectivity index (χ0) is 23.1. The second kappa shape index (κ2) is 10.1. The van der Waals surface area contributed by atoms with E-state index in [4.69, 9.17) is 4.74 Å². The quantitative estimate of drug-likeness (QED) is 0.571. The van der Waals surface area contributed by atoms with Gasteiger partial charge in [0.2, 0.25) is 0 Å². The molecule has 4 nitrogen and oxygen atoms in total. The summed E-state index contributed by atoms with van der Waals surface area (Å²) >= 11 is 0. The minimum Gasteiger partial charge on any atom is -0.393 e. The van der Waals surface area contributed by atoms with E-state index in [9.17, 15) is 14.7 Å². The number of hydrogen-bond acceptors (Lipinski definition) is 4. The molecule has 6 unspecified atom stereocenters. The lowest BCUT2D eigenvalue weighted by atomic mass is 9.64. The van der Waals surface area contributed by atoms with Crippen LogP contribution in [0, 0.1) is 47.3 Å². The molecule has 0 amide bonds. The molecule has 1 aliphatic heterocycles. The van der Waals surface area contributed by atoms with E-state index in [2.05, 4.69) is 13.8 Å². The van der Waals surface area contributed by atoms with Crippen molar-refractivity contribution in [2.45, 2.75) is 122 Å². The van der Waals surface area contributed by atoms with Crippen LogP contribution in [0.5, 0.6) is 0 Å². The largest absolute Gasteiger partial charge is 0.393 e. The lowest BCUT2D eigenvalue weighted by Crippen LogP contribution is -2.39. The van der Waals surface area contributed by atoms with Gasteiger partial charge in [0.05, 0.1) is 18.3 Å². The first kappa shape index (κ1) is 24.0. The highest BCUT2D eigenvalue weighted by Crippen LogP contribution is 2.51. The van der Waals surface area contributed by atoms with Crippen LogP contribution < -0.4 is 0 Å². The van der Waals surface area contributed by atoms with E-state index in [1.165, 1.54) is 12.8 Å². The molecule has 4 heteroatoms. The van der Waals surface area contributed by atoms with E-state index in [1.807, 2.05) is 0 Å². The number of fused-ring (bicyclic) bond motifs is 3. The third-order valence-corrected chi connectivity index (χ3v) is 10.6. The fourth-order valence-electron chi connectivity index (χ4n) is 8.43. The third kappa shape index (κ3) is 4.99. The van der Waals surface area contributed by atoms with Crippen LogP contribution in [0.1, 0.15) is 104 Å². The van der Waals surface area contributed by atoms with E-state index in [1.54, 1.807) is 0 Å². The molecule has 0 aromatic rings. The predicted octanol–water partition coefficient (Wildman–Crippen LogP) is 5.74. The van der Waals surface area contributed by atoms with Crippen molar-refractivity contribution in [1.29, 1.82) is 0 Å². The fraction of sp³-hybridized carbons (Fsp3) is 0.931. The summed E-state index contributed by atoms with van der Waals surface area (Å²) in [5.74, 6) is 4.38. The maximum absolute atomic E-state index is 13.5. The summed E-state index contributed by atoms with van der Waals surface area (Å²) in [6.07, 6.45) is 14.4. The summed E-state index contributed by atoms with van der Waals surface area (Å²) in [5, 5.41) is 9.82. The molecule has 1 saturated heterocycles. The van der Waals surface area contributed by atoms with Gasteiger partial charge in [0.15, 0.2) is 0 Å². The van der Waals surface area contributed by atoms with Crippen LogP contribution in [0.25, 0.3) is 0 Å². The van der Waals surface area contributed by atoms with Crippen molar-refractivity contribution in [2.24, 2.45) is 47.3 Å². The van der Waals surface area contributed by atoms with Crippen molar-refractivity contribution >= 4 is 11.6 Å². The highest BCUT2D eigenvalue weighted by Gasteiger charge is 2.51. The highest BCUT2D eigenvalue weighted by atomic mass is 16.5. The lowest BCUT2D eigenvalue weighted by Gasteiger charge is -2.38. The number of Topliss-reactive ketones (excluding diaryl/α,β-unsaturated/α-hetero) is 2. The molecular formula is C29H46O4. The first-order chi connectivity index (χ1) is 15.9. The number of ether oxygens (including phenoxy) is 1. The smallest absolute Gasteiger partial charge is 0.139 e. The fourth-order valence-corrected chi connectivity index (χ4v) is 8.43. The number of rotatable bonds is 5. The summed E-state index contributed by atoms with van der Waals surface area (Å²) in [4.78, 5) is 26.8. The van der Waals surface area contributed by atoms with Crippen molar-refractivity contribution in [3.63, 3.8) is 0 Å². The van der Waals surface area contributed by atoms with Gasteiger partial charge in [-0.2, -0.15) is 0 Å². The highest BCUT2D eigenvalue weighted by molar-refractivity contribution is 5.84. The van der Waals surface area contributed by atoms with Crippen LogP contribution in [0.3, 0.4) is 0 Å². The number of aliphatic hydroxyl groups excluding tert-OH is 1. The second-order valence-corrected chi connectivity index (χ2v) is 12.7. The monoisotopic (exact) mass is 458 g/mol. The molecule has 186 valence electrons. The Kier molecular flexibility index (Phi) is 7.33. The topological polar surface area (TPSA) is 63.6 Å². The van der Waals surface area contributed by atoms with Crippen molar-refractivity contribution in [1.82, 2.24) is 0 Å². The van der Waals surface area contributed by atoms with E-state index >= 15 is 0 Å². The molecule has 4 saturated carbocycles. The van der Waals surface area contributed by atoms with Gasteiger partial charge in [-0.1, -0.05) is 13.8 Å². The molecule has 0 aromatic heterocycles. The Labute approximate surface area is 200 Å². The van der Waals surface area contributed by atoms with Crippen molar-refractivity contribution in [3.05, 3.63) is 0 Å². The van der Waals surface area contributed by atoms with Gasteiger partial charge in [0.25, 0.3) is 0 Å². The Hall–Kier alpha value is -0.740. The van der Waals surface area contributed by atoms with Gasteiger partial charge in [-0.15, -0.1) is 0 Å². The summed E-state index contributed by atoms with van der Waals surface area (Å²) in [7, 11) is 0. The Balaban J connectivity index is 1.18. The molecule has 0 radical (unpaired) electrons. The summed E-state index contributed by atoms with van der Waals surface area (Å²) in [6, 6.07) is 0. The average molecular weight is 459 g/mol. The van der Waals surface area contributed by atoms with Gasteiger partial charge in [0, 0.05) is 23.7 Å². The molecule has 4 aliphatic carbocycles. The molecule has 5 aliphatic rings. The minimum atomic E-state index is -0.203. The van der Waals surface area contributed by atoms with Crippen molar-refractivity contribution < 1.29 is 19.4 Å². The van der Waals surface area contributed by atoms with Crippen LogP contribution in [0.15, 0.2) is 0 Å². The van der Waals surface area contributed by atoms with Gasteiger partial charge in [-0.25, -0.2) is 0 Å². The maximum atomic E-state index is 13.5. The molecule has 1 N–H and O–H groups in total. The molecule has 33 heavy (non-hydrogen) atoms. The number of hydrogen-bond donors (Lipinski definition) is 1. The summed E-state index contributed by atoms with van der Waals surface area (Å²) in [5.41, 5.74) is 0. The van der Waals surface area contributed by atoms with Gasteiger partial charge >= 0.3 is 0 Å². The Morgan fingerprint density at radius 1 is 0.636 bits per heavy atom. The number of aliphatic hydroxyl groups is 1. The van der Waals surface area contributed by atoms with Crippen LogP contribution in [-0.2, 0) is 14.3 Å². The normalized spacial score (nSPS) is 45.9. The van der Waals surface area contributed by atoms with Crippen molar-refractivity contribution in [3.8, 4) is 0 Å². The maximum Gasteiger partial charge on any atom is 0.139 e. The zero-order valence-corrected chi connectivity index (χ0v) is 20.9. The molecule has 6 atom stereocenters. The number of carbonyl (C=O) groups excluding carboxylic acids is 2. The molecule has 5 fully saturated rings. The van der Waals surface area contributed by atoms with E-state index in [0.717, 1.165) is 88.9 Å². The van der Waals surface area contributed by atoms with Gasteiger partial charge in [-0.05, 0) is 114 Å². The van der Waals surface area contributed by atoms with E-state index in [-0.39, 0.29) is 23.9 Å². The number of carbonyl (C=O) groups is 2. The van der Waals surface area contributed by atoms with Gasteiger partial charge < -0.3 is 9.84 Å². The molecule has 0 aromatic carbocycles. The lowest BCUT2D eigenvalue weighted by molar-refractivity contribution is -0.131. The molecule has 0 spiro atoms. The first-order valence-corrected chi connectivity index (χ1v) is 14.3. The molecule has 0 bridgehead atoms. The van der Waals surface area contributed by atoms with Crippen LogP contribution in [0.2, 0.25) is 0 Å². The van der Waals surface area contributed by atoms with Gasteiger partial charge in [0.1, 0.15) is 11.6 Å². The summed E-state index contributed by atoms with van der Waals surface area (Å²) in [6.45, 7) is 4.65. The standard InChI is InChI=1S/C29H46O4/c1-17(2)18-3-5-19(6-4-18)28(31)21-9-13-26-24(15-21)25-16-22(10-14-27(25)33-26)29(32)20-7-11-23(30)12-8-20/h17-27,30H,3-16H2,1-2H3. The Bertz CT molecular complexity index is 700. The van der Waals surface area contributed by atoms with Crippen LogP contribution in [0.4, 0.5) is 0 Å². The van der Waals surface area contributed by atoms with Crippen molar-refractivity contribution in [2.75, 3.05) is 0 Å². The van der Waals surface area contributed by atoms with E-state index in [0.29, 0.717) is 41.5 Å². The number of ketones is 2. The molecule has 5 rings (SSSR count). The zero-order valence-electron chi connectivity index (χ0n) is 20.9. The minimum absolute atomic E-state index is 0.162. The first-order valence-electron chi connectivity index (χ1n) is 14.3. The van der Waals surface area contributed by atoms with Gasteiger partial charge in [-0.3, -0.25) is 9.59 Å². The van der Waals surface area contributed by atoms with Crippen LogP contribution >= 0.6 is 0 Å². The predicted molar refractivity (Wildman–Crippen MR) is 129 cm³/mol. The Morgan fingerprint density at radius 2 is 1.06 bits per heavy atom. The SMILES string of the molecule is CC(C)C1CCC(C(=O)C2CCC3OC4CCC(C(=O)C5CCC(O)CC5)CC4C3C2)CC1. The molecular weight excluding hydrogens is 412 g/mol. The van der Waals surface area contributed by atoms with E-state index < -0.39 is 0 Å². The summed E-state index contributed by atoms with van der Waals surface area (Å²) < 4.78 is 6.52. The third-order valence-electron chi connectivity index (χ3n) is 10.6. The Morgan fingerprint density at radius 3 is 1.52 bits per heavy atom.